The molecule has 1 fully saturated rings. The van der Waals surface area contributed by atoms with Crippen LogP contribution in [0.1, 0.15) is 33.1 Å². The van der Waals surface area contributed by atoms with Gasteiger partial charge in [0.25, 0.3) is 0 Å². The third-order valence-electron chi connectivity index (χ3n) is 3.99. The van der Waals surface area contributed by atoms with Crippen molar-refractivity contribution in [1.82, 2.24) is 10.2 Å². The molecule has 1 N–H and O–H groups in total. The zero-order valence-electron chi connectivity index (χ0n) is 12.9. The molecule has 0 aromatic rings. The monoisotopic (exact) mass is 306 g/mol. The van der Waals surface area contributed by atoms with Gasteiger partial charge in [-0.25, -0.2) is 0 Å². The number of hydrogen-bond acceptors (Lipinski definition) is 2. The summed E-state index contributed by atoms with van der Waals surface area (Å²) in [5.41, 5.74) is 0. The average Bonchev–Trinajstić information content (AvgIpc) is 2.31. The van der Waals surface area contributed by atoms with Gasteiger partial charge in [0.15, 0.2) is 0 Å². The van der Waals surface area contributed by atoms with Gasteiger partial charge < -0.3 is 5.32 Å². The molecule has 0 aromatic heterocycles. The normalized spacial score (nSPS) is 27.3. The highest BCUT2D eigenvalue weighted by molar-refractivity contribution is 5.87. The molecule has 6 heteroatoms. The Labute approximate surface area is 124 Å². The van der Waals surface area contributed by atoms with Crippen molar-refractivity contribution in [3.63, 3.8) is 0 Å². The standard InChI is InChI=1S/C15H25F3N2O/c1-11-6-4-7-12(2)14(11)19-13(21)8-5-9-20(3)10-15(16,17)18/h5,8,11-12,14H,4,6-7,9-10H2,1-3H3,(H,19,21)/b8-5+. The van der Waals surface area contributed by atoms with Gasteiger partial charge in [-0.15, -0.1) is 0 Å². The van der Waals surface area contributed by atoms with E-state index in [1.807, 2.05) is 0 Å². The molecule has 2 unspecified atom stereocenters. The van der Waals surface area contributed by atoms with Crippen molar-refractivity contribution in [3.05, 3.63) is 12.2 Å². The number of carbonyl (C=O) groups excluding carboxylic acids is 1. The fourth-order valence-corrected chi connectivity index (χ4v) is 2.89. The van der Waals surface area contributed by atoms with E-state index in [0.29, 0.717) is 11.8 Å². The maximum absolute atomic E-state index is 12.1. The predicted octanol–water partition coefficient (Wildman–Crippen LogP) is 2.98. The number of hydrogen-bond donors (Lipinski definition) is 1. The quantitative estimate of drug-likeness (QED) is 0.792. The smallest absolute Gasteiger partial charge is 0.349 e. The Balaban J connectivity index is 2.37. The average molecular weight is 306 g/mol. The van der Waals surface area contributed by atoms with Gasteiger partial charge in [0.1, 0.15) is 0 Å². The molecule has 0 heterocycles. The number of nitrogens with one attached hydrogen (secondary N) is 1. The summed E-state index contributed by atoms with van der Waals surface area (Å²) in [7, 11) is 1.38. The van der Waals surface area contributed by atoms with E-state index >= 15 is 0 Å². The number of carbonyl (C=O) groups is 1. The van der Waals surface area contributed by atoms with Gasteiger partial charge in [-0.3, -0.25) is 9.69 Å². The lowest BCUT2D eigenvalue weighted by molar-refractivity contribution is -0.141. The van der Waals surface area contributed by atoms with Crippen molar-refractivity contribution in [2.24, 2.45) is 11.8 Å². The van der Waals surface area contributed by atoms with Crippen LogP contribution in [-0.4, -0.2) is 43.2 Å². The highest BCUT2D eigenvalue weighted by atomic mass is 19.4. The maximum atomic E-state index is 12.1. The summed E-state index contributed by atoms with van der Waals surface area (Å²) >= 11 is 0. The second-order valence-electron chi connectivity index (χ2n) is 6.13. The lowest BCUT2D eigenvalue weighted by atomic mass is 9.79. The second-order valence-corrected chi connectivity index (χ2v) is 6.13. The molecule has 1 aliphatic carbocycles. The van der Waals surface area contributed by atoms with Gasteiger partial charge in [-0.05, 0) is 31.7 Å². The molecule has 0 aliphatic heterocycles. The van der Waals surface area contributed by atoms with Crippen LogP contribution in [0.15, 0.2) is 12.2 Å². The highest BCUT2D eigenvalue weighted by Gasteiger charge is 2.29. The van der Waals surface area contributed by atoms with Crippen molar-refractivity contribution in [2.75, 3.05) is 20.1 Å². The predicted molar refractivity (Wildman–Crippen MR) is 76.8 cm³/mol. The Morgan fingerprint density at radius 3 is 2.38 bits per heavy atom. The first-order valence-electron chi connectivity index (χ1n) is 7.41. The molecule has 0 bridgehead atoms. The fraction of sp³-hybridized carbons (Fsp3) is 0.800. The SMILES string of the molecule is CC1CCCC(C)C1NC(=O)/C=C/CN(C)CC(F)(F)F. The third-order valence-corrected chi connectivity index (χ3v) is 3.99. The van der Waals surface area contributed by atoms with E-state index in [4.69, 9.17) is 0 Å². The summed E-state index contributed by atoms with van der Waals surface area (Å²) in [6.07, 6.45) is 1.99. The molecule has 1 aliphatic rings. The maximum Gasteiger partial charge on any atom is 0.401 e. The van der Waals surface area contributed by atoms with Gasteiger partial charge in [0, 0.05) is 18.7 Å². The van der Waals surface area contributed by atoms with Gasteiger partial charge in [0.2, 0.25) is 5.91 Å². The lowest BCUT2D eigenvalue weighted by Gasteiger charge is -2.34. The second kappa shape index (κ2) is 7.82. The van der Waals surface area contributed by atoms with Crippen molar-refractivity contribution in [3.8, 4) is 0 Å². The van der Waals surface area contributed by atoms with E-state index < -0.39 is 12.7 Å². The largest absolute Gasteiger partial charge is 0.401 e. The molecule has 1 amide bonds. The highest BCUT2D eigenvalue weighted by Crippen LogP contribution is 2.28. The molecule has 1 saturated carbocycles. The van der Waals surface area contributed by atoms with Crippen LogP contribution in [0.4, 0.5) is 13.2 Å². The summed E-state index contributed by atoms with van der Waals surface area (Å²) in [4.78, 5) is 13.0. The lowest BCUT2D eigenvalue weighted by Crippen LogP contribution is -2.45. The number of nitrogens with zero attached hydrogens (tertiary/aromatic N) is 1. The molecule has 122 valence electrons. The van der Waals surface area contributed by atoms with Crippen LogP contribution in [0.25, 0.3) is 0 Å². The van der Waals surface area contributed by atoms with Crippen LogP contribution in [0.2, 0.25) is 0 Å². The van der Waals surface area contributed by atoms with Crippen LogP contribution in [0.3, 0.4) is 0 Å². The summed E-state index contributed by atoms with van der Waals surface area (Å²) in [5, 5.41) is 2.97. The molecule has 0 aromatic carbocycles. The van der Waals surface area contributed by atoms with E-state index in [1.54, 1.807) is 0 Å². The Kier molecular flexibility index (Phi) is 6.71. The molecule has 0 saturated heterocycles. The minimum Gasteiger partial charge on any atom is -0.349 e. The molecule has 1 rings (SSSR count). The summed E-state index contributed by atoms with van der Waals surface area (Å²) in [6.45, 7) is 3.38. The van der Waals surface area contributed by atoms with Crippen molar-refractivity contribution in [2.45, 2.75) is 45.3 Å². The van der Waals surface area contributed by atoms with Crippen molar-refractivity contribution < 1.29 is 18.0 Å². The molecule has 3 nitrogen and oxygen atoms in total. The first-order chi connectivity index (χ1) is 9.69. The number of likely N-dealkylation sites (N-methyl/N-ethyl adjacent to an activating group) is 1. The van der Waals surface area contributed by atoms with Crippen LogP contribution in [0, 0.1) is 11.8 Å². The Morgan fingerprint density at radius 2 is 1.86 bits per heavy atom. The zero-order chi connectivity index (χ0) is 16.0. The molecule has 0 radical (unpaired) electrons. The molecule has 21 heavy (non-hydrogen) atoms. The van der Waals surface area contributed by atoms with E-state index in [1.165, 1.54) is 25.6 Å². The van der Waals surface area contributed by atoms with Crippen LogP contribution in [-0.2, 0) is 4.79 Å². The summed E-state index contributed by atoms with van der Waals surface area (Å²) < 4.78 is 36.4. The zero-order valence-corrected chi connectivity index (χ0v) is 12.9. The number of halogens is 3. The molecular weight excluding hydrogens is 281 g/mol. The minimum absolute atomic E-state index is 0.0999. The van der Waals surface area contributed by atoms with E-state index in [-0.39, 0.29) is 18.5 Å². The molecule has 2 atom stereocenters. The van der Waals surface area contributed by atoms with Crippen LogP contribution in [0.5, 0.6) is 0 Å². The minimum atomic E-state index is -4.21. The topological polar surface area (TPSA) is 32.3 Å². The summed E-state index contributed by atoms with van der Waals surface area (Å²) in [5.74, 6) is 0.666. The number of alkyl halides is 3. The molecular formula is C15H25F3N2O. The van der Waals surface area contributed by atoms with Crippen LogP contribution >= 0.6 is 0 Å². The van der Waals surface area contributed by atoms with Crippen molar-refractivity contribution >= 4 is 5.91 Å². The first-order valence-corrected chi connectivity index (χ1v) is 7.41. The van der Waals surface area contributed by atoms with E-state index in [2.05, 4.69) is 19.2 Å². The van der Waals surface area contributed by atoms with Gasteiger partial charge >= 0.3 is 6.18 Å². The van der Waals surface area contributed by atoms with Gasteiger partial charge in [-0.2, -0.15) is 13.2 Å². The third kappa shape index (κ3) is 6.98. The fourth-order valence-electron chi connectivity index (χ4n) is 2.89. The van der Waals surface area contributed by atoms with Gasteiger partial charge in [-0.1, -0.05) is 26.3 Å². The van der Waals surface area contributed by atoms with E-state index in [9.17, 15) is 18.0 Å². The first kappa shape index (κ1) is 18.0. The number of amides is 1. The summed E-state index contributed by atoms with van der Waals surface area (Å²) in [6, 6.07) is 0.156. The van der Waals surface area contributed by atoms with Crippen molar-refractivity contribution in [1.29, 1.82) is 0 Å². The Morgan fingerprint density at radius 1 is 1.29 bits per heavy atom. The Hall–Kier alpha value is -1.04. The van der Waals surface area contributed by atoms with Crippen LogP contribution < -0.4 is 5.32 Å². The van der Waals surface area contributed by atoms with Gasteiger partial charge in [0.05, 0.1) is 6.54 Å². The Bertz CT molecular complexity index is 358. The molecule has 0 spiro atoms. The van der Waals surface area contributed by atoms with E-state index in [0.717, 1.165) is 17.7 Å². The number of rotatable bonds is 5.